The Bertz CT molecular complexity index is 716. The molecule has 2 atom stereocenters. The number of nitrogens with one attached hydrogen (secondary N) is 1. The summed E-state index contributed by atoms with van der Waals surface area (Å²) < 4.78 is 5.43. The molecule has 0 aliphatic carbocycles. The molecule has 6 heteroatoms. The van der Waals surface area contributed by atoms with Crippen molar-refractivity contribution in [2.24, 2.45) is 11.1 Å². The molecule has 2 aliphatic rings. The van der Waals surface area contributed by atoms with E-state index in [1.54, 1.807) is 7.11 Å². The zero-order valence-corrected chi connectivity index (χ0v) is 17.2. The first-order valence-electron chi connectivity index (χ1n) is 9.88. The Morgan fingerprint density at radius 2 is 2.07 bits per heavy atom. The molecule has 2 aliphatic heterocycles. The molecule has 0 amide bonds. The number of hydrogen-bond acceptors (Lipinski definition) is 6. The van der Waals surface area contributed by atoms with Crippen LogP contribution in [0.4, 0.5) is 5.69 Å². The van der Waals surface area contributed by atoms with Gasteiger partial charge < -0.3 is 30.7 Å². The minimum atomic E-state index is -0.231. The first-order valence-corrected chi connectivity index (χ1v) is 9.88. The molecule has 2 heterocycles. The van der Waals surface area contributed by atoms with E-state index in [0.717, 1.165) is 48.5 Å². The summed E-state index contributed by atoms with van der Waals surface area (Å²) >= 11 is 0. The Kier molecular flexibility index (Phi) is 5.58. The SMILES string of the molecule is CCCCC1NC2=C(c3ccc(OC)cc3N(C)C2N)N1CC(C)(C)CO. The van der Waals surface area contributed by atoms with Gasteiger partial charge in [0.05, 0.1) is 30.4 Å². The highest BCUT2D eigenvalue weighted by Gasteiger charge is 2.41. The van der Waals surface area contributed by atoms with E-state index in [1.807, 2.05) is 19.2 Å². The average Bonchev–Trinajstić information content (AvgIpc) is 3.01. The van der Waals surface area contributed by atoms with Gasteiger partial charge in [0.1, 0.15) is 11.9 Å². The summed E-state index contributed by atoms with van der Waals surface area (Å²) in [5.74, 6) is 0.826. The predicted molar refractivity (Wildman–Crippen MR) is 110 cm³/mol. The van der Waals surface area contributed by atoms with Gasteiger partial charge in [0.2, 0.25) is 0 Å². The minimum absolute atomic E-state index is 0.147. The van der Waals surface area contributed by atoms with Crippen molar-refractivity contribution in [3.05, 3.63) is 29.5 Å². The molecule has 27 heavy (non-hydrogen) atoms. The molecule has 0 saturated heterocycles. The number of rotatable bonds is 7. The first kappa shape index (κ1) is 19.8. The van der Waals surface area contributed by atoms with Crippen molar-refractivity contribution in [2.75, 3.05) is 32.2 Å². The number of likely N-dealkylation sites (N-methyl/N-ethyl adjacent to an activating group) is 1. The quantitative estimate of drug-likeness (QED) is 0.681. The van der Waals surface area contributed by atoms with Crippen LogP contribution in [0.1, 0.15) is 45.6 Å². The lowest BCUT2D eigenvalue weighted by atomic mass is 9.92. The molecule has 3 rings (SSSR count). The molecule has 0 radical (unpaired) electrons. The van der Waals surface area contributed by atoms with Crippen LogP contribution in [-0.4, -0.2) is 49.6 Å². The van der Waals surface area contributed by atoms with Crippen LogP contribution < -0.4 is 20.7 Å². The number of aliphatic hydroxyl groups excluding tert-OH is 1. The molecule has 0 spiro atoms. The van der Waals surface area contributed by atoms with Crippen LogP contribution in [0, 0.1) is 5.41 Å². The van der Waals surface area contributed by atoms with E-state index >= 15 is 0 Å². The Balaban J connectivity index is 2.06. The van der Waals surface area contributed by atoms with Gasteiger partial charge in [-0.05, 0) is 25.0 Å². The van der Waals surface area contributed by atoms with E-state index < -0.39 is 0 Å². The van der Waals surface area contributed by atoms with Gasteiger partial charge in [-0.15, -0.1) is 0 Å². The fraction of sp³-hybridized carbons (Fsp3) is 0.619. The fourth-order valence-electron chi connectivity index (χ4n) is 3.96. The van der Waals surface area contributed by atoms with Gasteiger partial charge in [-0.1, -0.05) is 27.2 Å². The second-order valence-electron chi connectivity index (χ2n) is 8.45. The van der Waals surface area contributed by atoms with Crippen LogP contribution in [-0.2, 0) is 0 Å². The zero-order chi connectivity index (χ0) is 19.8. The highest BCUT2D eigenvalue weighted by Crippen LogP contribution is 2.44. The number of methoxy groups -OCH3 is 1. The number of ether oxygens (including phenoxy) is 1. The van der Waals surface area contributed by atoms with Crippen LogP contribution in [0.25, 0.3) is 5.70 Å². The molecule has 0 aromatic heterocycles. The minimum Gasteiger partial charge on any atom is -0.497 e. The van der Waals surface area contributed by atoms with Crippen molar-refractivity contribution >= 4 is 11.4 Å². The lowest BCUT2D eigenvalue weighted by Gasteiger charge is -2.38. The van der Waals surface area contributed by atoms with Crippen molar-refractivity contribution in [1.82, 2.24) is 10.2 Å². The molecule has 1 aromatic rings. The maximum atomic E-state index is 9.86. The maximum Gasteiger partial charge on any atom is 0.120 e. The molecule has 150 valence electrons. The fourth-order valence-corrected chi connectivity index (χ4v) is 3.96. The maximum absolute atomic E-state index is 9.86. The third kappa shape index (κ3) is 3.60. The number of anilines is 1. The summed E-state index contributed by atoms with van der Waals surface area (Å²) in [5.41, 5.74) is 10.9. The predicted octanol–water partition coefficient (Wildman–Crippen LogP) is 2.54. The molecule has 6 nitrogen and oxygen atoms in total. The smallest absolute Gasteiger partial charge is 0.120 e. The molecule has 4 N–H and O–H groups in total. The summed E-state index contributed by atoms with van der Waals surface area (Å²) in [6.07, 6.45) is 3.32. The second-order valence-corrected chi connectivity index (χ2v) is 8.45. The largest absolute Gasteiger partial charge is 0.497 e. The normalized spacial score (nSPS) is 21.9. The Hall–Kier alpha value is -1.92. The number of hydrogen-bond donors (Lipinski definition) is 3. The summed E-state index contributed by atoms with van der Waals surface area (Å²) in [6, 6.07) is 6.17. The van der Waals surface area contributed by atoms with E-state index in [4.69, 9.17) is 10.5 Å². The highest BCUT2D eigenvalue weighted by atomic mass is 16.5. The number of nitrogens with two attached hydrogens (primary N) is 1. The molecule has 0 fully saturated rings. The summed E-state index contributed by atoms with van der Waals surface area (Å²) in [4.78, 5) is 4.51. The van der Waals surface area contributed by atoms with E-state index in [1.165, 1.54) is 5.70 Å². The summed E-state index contributed by atoms with van der Waals surface area (Å²) in [7, 11) is 3.71. The van der Waals surface area contributed by atoms with Gasteiger partial charge in [-0.3, -0.25) is 0 Å². The van der Waals surface area contributed by atoms with Crippen LogP contribution >= 0.6 is 0 Å². The number of fused-ring (bicyclic) bond motifs is 2. The number of nitrogens with zero attached hydrogens (tertiary/aromatic N) is 2. The van der Waals surface area contributed by atoms with E-state index in [9.17, 15) is 5.11 Å². The lowest BCUT2D eigenvalue weighted by Crippen LogP contribution is -2.47. The molecule has 2 unspecified atom stereocenters. The molecule has 0 saturated carbocycles. The van der Waals surface area contributed by atoms with E-state index in [0.29, 0.717) is 0 Å². The van der Waals surface area contributed by atoms with Crippen LogP contribution in [0.3, 0.4) is 0 Å². The summed E-state index contributed by atoms with van der Waals surface area (Å²) in [6.45, 7) is 7.34. The second kappa shape index (κ2) is 7.60. The Labute approximate surface area is 163 Å². The Morgan fingerprint density at radius 1 is 1.33 bits per heavy atom. The standard InChI is InChI=1S/C21H34N4O2/c1-6-7-8-17-23-18-19(25(17)12-21(2,3)13-26)15-10-9-14(27-5)11-16(15)24(4)20(18)22/h9-11,17,20,23,26H,6-8,12-13,22H2,1-5H3. The van der Waals surface area contributed by atoms with Gasteiger partial charge in [-0.2, -0.15) is 0 Å². The monoisotopic (exact) mass is 374 g/mol. The Morgan fingerprint density at radius 3 is 2.70 bits per heavy atom. The van der Waals surface area contributed by atoms with E-state index in [-0.39, 0.29) is 24.4 Å². The third-order valence-corrected chi connectivity index (χ3v) is 5.65. The first-order chi connectivity index (χ1) is 12.8. The van der Waals surface area contributed by atoms with Crippen molar-refractivity contribution in [1.29, 1.82) is 0 Å². The lowest BCUT2D eigenvalue weighted by molar-refractivity contribution is 0.109. The van der Waals surface area contributed by atoms with Crippen molar-refractivity contribution in [3.63, 3.8) is 0 Å². The van der Waals surface area contributed by atoms with Crippen molar-refractivity contribution < 1.29 is 9.84 Å². The third-order valence-electron chi connectivity index (χ3n) is 5.65. The topological polar surface area (TPSA) is 74.0 Å². The number of benzene rings is 1. The molecule has 0 bridgehead atoms. The average molecular weight is 375 g/mol. The van der Waals surface area contributed by atoms with Crippen LogP contribution in [0.5, 0.6) is 5.75 Å². The van der Waals surface area contributed by atoms with Crippen molar-refractivity contribution in [2.45, 2.75) is 52.4 Å². The highest BCUT2D eigenvalue weighted by molar-refractivity contribution is 5.84. The van der Waals surface area contributed by atoms with Crippen LogP contribution in [0.2, 0.25) is 0 Å². The van der Waals surface area contributed by atoms with Gasteiger partial charge in [0.25, 0.3) is 0 Å². The van der Waals surface area contributed by atoms with Gasteiger partial charge in [0, 0.05) is 37.2 Å². The molecule has 1 aromatic carbocycles. The number of aliphatic hydroxyl groups is 1. The number of unbranched alkanes of at least 4 members (excludes halogenated alkanes) is 1. The zero-order valence-electron chi connectivity index (χ0n) is 17.2. The summed E-state index contributed by atoms with van der Waals surface area (Å²) in [5, 5.41) is 13.6. The van der Waals surface area contributed by atoms with Crippen molar-refractivity contribution in [3.8, 4) is 5.75 Å². The van der Waals surface area contributed by atoms with Gasteiger partial charge >= 0.3 is 0 Å². The van der Waals surface area contributed by atoms with Crippen LogP contribution in [0.15, 0.2) is 23.9 Å². The van der Waals surface area contributed by atoms with Gasteiger partial charge in [0.15, 0.2) is 0 Å². The van der Waals surface area contributed by atoms with E-state index in [2.05, 4.69) is 42.0 Å². The van der Waals surface area contributed by atoms with Gasteiger partial charge in [-0.25, -0.2) is 0 Å². The molecular formula is C21H34N4O2. The molecular weight excluding hydrogens is 340 g/mol.